The standard InChI is InChI=1S/C18H15ClF3NS/c19-11-17(10-13-4-2-1-3-5-13)12-24-16(23-17)14-6-8-15(9-7-14)18(20,21)22/h1-9H,10-12H2. The lowest BCUT2D eigenvalue weighted by Gasteiger charge is -2.22. The molecule has 1 nitrogen and oxygen atoms in total. The predicted octanol–water partition coefficient (Wildman–Crippen LogP) is 5.42. The zero-order valence-electron chi connectivity index (χ0n) is 12.7. The number of alkyl halides is 4. The maximum Gasteiger partial charge on any atom is 0.416 e. The third-order valence-corrected chi connectivity index (χ3v) is 5.68. The van der Waals surface area contributed by atoms with E-state index < -0.39 is 17.3 Å². The quantitative estimate of drug-likeness (QED) is 0.655. The Morgan fingerprint density at radius 3 is 2.29 bits per heavy atom. The molecular formula is C18H15ClF3NS. The molecule has 1 atom stereocenters. The predicted molar refractivity (Wildman–Crippen MR) is 94.0 cm³/mol. The fourth-order valence-corrected chi connectivity index (χ4v) is 4.21. The van der Waals surface area contributed by atoms with Gasteiger partial charge in [-0.15, -0.1) is 23.4 Å². The van der Waals surface area contributed by atoms with Gasteiger partial charge in [0.2, 0.25) is 0 Å². The summed E-state index contributed by atoms with van der Waals surface area (Å²) >= 11 is 7.73. The van der Waals surface area contributed by atoms with Gasteiger partial charge in [0.1, 0.15) is 0 Å². The van der Waals surface area contributed by atoms with Crippen LogP contribution in [0.15, 0.2) is 59.6 Å². The molecule has 126 valence electrons. The molecule has 1 heterocycles. The van der Waals surface area contributed by atoms with Gasteiger partial charge in [0, 0.05) is 17.2 Å². The number of thioether (sulfide) groups is 1. The first-order valence-corrected chi connectivity index (χ1v) is 8.94. The molecule has 1 unspecified atom stereocenters. The van der Waals surface area contributed by atoms with Gasteiger partial charge in [0.05, 0.1) is 16.1 Å². The van der Waals surface area contributed by atoms with Crippen LogP contribution in [-0.4, -0.2) is 22.2 Å². The van der Waals surface area contributed by atoms with Crippen molar-refractivity contribution in [3.63, 3.8) is 0 Å². The molecule has 6 heteroatoms. The topological polar surface area (TPSA) is 12.4 Å². The molecule has 0 N–H and O–H groups in total. The SMILES string of the molecule is FC(F)(F)c1ccc(C2=NC(CCl)(Cc3ccccc3)CS2)cc1. The molecule has 3 rings (SSSR count). The number of hydrogen-bond acceptors (Lipinski definition) is 2. The van der Waals surface area contributed by atoms with Gasteiger partial charge >= 0.3 is 6.18 Å². The van der Waals surface area contributed by atoms with Crippen LogP contribution in [-0.2, 0) is 12.6 Å². The average molecular weight is 370 g/mol. The molecule has 1 aliphatic heterocycles. The van der Waals surface area contributed by atoms with E-state index in [0.717, 1.165) is 28.5 Å². The first-order valence-electron chi connectivity index (χ1n) is 7.42. The zero-order valence-corrected chi connectivity index (χ0v) is 14.3. The maximum absolute atomic E-state index is 12.7. The number of halogens is 4. The highest BCUT2D eigenvalue weighted by atomic mass is 35.5. The van der Waals surface area contributed by atoms with E-state index in [2.05, 4.69) is 0 Å². The molecule has 0 spiro atoms. The molecule has 0 bridgehead atoms. The number of rotatable bonds is 4. The summed E-state index contributed by atoms with van der Waals surface area (Å²) in [6, 6.07) is 15.1. The highest BCUT2D eigenvalue weighted by Crippen LogP contribution is 2.36. The van der Waals surface area contributed by atoms with Crippen molar-refractivity contribution in [2.75, 3.05) is 11.6 Å². The maximum atomic E-state index is 12.7. The Bertz CT molecular complexity index is 728. The van der Waals surface area contributed by atoms with Crippen LogP contribution in [0.25, 0.3) is 0 Å². The van der Waals surface area contributed by atoms with E-state index in [4.69, 9.17) is 16.6 Å². The van der Waals surface area contributed by atoms with Crippen molar-refractivity contribution in [2.24, 2.45) is 4.99 Å². The van der Waals surface area contributed by atoms with Gasteiger partial charge in [-0.2, -0.15) is 13.2 Å². The van der Waals surface area contributed by atoms with E-state index in [9.17, 15) is 13.2 Å². The van der Waals surface area contributed by atoms with Crippen LogP contribution in [0.1, 0.15) is 16.7 Å². The van der Waals surface area contributed by atoms with Gasteiger partial charge in [-0.3, -0.25) is 4.99 Å². The zero-order chi connectivity index (χ0) is 17.2. The average Bonchev–Trinajstić information content (AvgIpc) is 3.00. The second kappa shape index (κ2) is 6.81. The summed E-state index contributed by atoms with van der Waals surface area (Å²) in [5.74, 6) is 1.10. The van der Waals surface area contributed by atoms with Crippen LogP contribution in [0.5, 0.6) is 0 Å². The van der Waals surface area contributed by atoms with Crippen molar-refractivity contribution in [1.29, 1.82) is 0 Å². The Morgan fingerprint density at radius 1 is 1.04 bits per heavy atom. The molecule has 0 aromatic heterocycles. The second-order valence-electron chi connectivity index (χ2n) is 5.80. The number of aliphatic imine (C=N–C) groups is 1. The molecule has 0 saturated carbocycles. The first-order chi connectivity index (χ1) is 11.4. The first kappa shape index (κ1) is 17.4. The fraction of sp³-hybridized carbons (Fsp3) is 0.278. The highest BCUT2D eigenvalue weighted by Gasteiger charge is 2.36. The molecule has 1 aliphatic rings. The summed E-state index contributed by atoms with van der Waals surface area (Å²) < 4.78 is 38.0. The summed E-state index contributed by atoms with van der Waals surface area (Å²) in [7, 11) is 0. The van der Waals surface area contributed by atoms with Crippen LogP contribution in [0.2, 0.25) is 0 Å². The van der Waals surface area contributed by atoms with Gasteiger partial charge in [-0.05, 0) is 24.1 Å². The molecule has 0 fully saturated rings. The summed E-state index contributed by atoms with van der Waals surface area (Å²) in [5.41, 5.74) is 0.790. The van der Waals surface area contributed by atoms with Crippen LogP contribution < -0.4 is 0 Å². The molecule has 2 aromatic rings. The summed E-state index contributed by atoms with van der Waals surface area (Å²) in [5, 5.41) is 0.750. The van der Waals surface area contributed by atoms with Crippen LogP contribution in [0.4, 0.5) is 13.2 Å². The molecule has 0 amide bonds. The van der Waals surface area contributed by atoms with Gasteiger partial charge in [-0.1, -0.05) is 42.5 Å². The molecule has 0 aliphatic carbocycles. The summed E-state index contributed by atoms with van der Waals surface area (Å²) in [6.45, 7) is 0. The fourth-order valence-electron chi connectivity index (χ4n) is 2.61. The Hall–Kier alpha value is -1.46. The molecule has 2 aromatic carbocycles. The monoisotopic (exact) mass is 369 g/mol. The van der Waals surface area contributed by atoms with Crippen molar-refractivity contribution in [3.8, 4) is 0 Å². The van der Waals surface area contributed by atoms with E-state index in [1.165, 1.54) is 12.1 Å². The number of nitrogens with zero attached hydrogens (tertiary/aromatic N) is 1. The van der Waals surface area contributed by atoms with Crippen LogP contribution in [0, 0.1) is 0 Å². The van der Waals surface area contributed by atoms with Gasteiger partial charge in [0.15, 0.2) is 0 Å². The van der Waals surface area contributed by atoms with E-state index >= 15 is 0 Å². The second-order valence-corrected chi connectivity index (χ2v) is 7.03. The molecule has 0 radical (unpaired) electrons. The third-order valence-electron chi connectivity index (χ3n) is 3.90. The van der Waals surface area contributed by atoms with Crippen molar-refractivity contribution in [2.45, 2.75) is 18.1 Å². The minimum atomic E-state index is -4.32. The Morgan fingerprint density at radius 2 is 1.71 bits per heavy atom. The molecule has 24 heavy (non-hydrogen) atoms. The van der Waals surface area contributed by atoms with Crippen molar-refractivity contribution in [1.82, 2.24) is 0 Å². The van der Waals surface area contributed by atoms with E-state index in [1.54, 1.807) is 11.8 Å². The van der Waals surface area contributed by atoms with Gasteiger partial charge in [-0.25, -0.2) is 0 Å². The normalized spacial score (nSPS) is 20.9. The van der Waals surface area contributed by atoms with E-state index in [0.29, 0.717) is 17.9 Å². The van der Waals surface area contributed by atoms with Crippen LogP contribution >= 0.6 is 23.4 Å². The van der Waals surface area contributed by atoms with Gasteiger partial charge < -0.3 is 0 Å². The lowest BCUT2D eigenvalue weighted by Crippen LogP contribution is -2.32. The smallest absolute Gasteiger partial charge is 0.269 e. The van der Waals surface area contributed by atoms with E-state index in [-0.39, 0.29) is 0 Å². The molecule has 0 saturated heterocycles. The lowest BCUT2D eigenvalue weighted by molar-refractivity contribution is -0.137. The minimum absolute atomic E-state index is 0.374. The Balaban J connectivity index is 1.83. The number of benzene rings is 2. The summed E-state index contributed by atoms with van der Waals surface area (Å²) in [6.07, 6.45) is -3.61. The third kappa shape index (κ3) is 3.78. The van der Waals surface area contributed by atoms with Crippen molar-refractivity contribution >= 4 is 28.4 Å². The number of hydrogen-bond donors (Lipinski definition) is 0. The molecular weight excluding hydrogens is 355 g/mol. The van der Waals surface area contributed by atoms with E-state index in [1.807, 2.05) is 30.3 Å². The Kier molecular flexibility index (Phi) is 4.92. The van der Waals surface area contributed by atoms with Crippen molar-refractivity contribution < 1.29 is 13.2 Å². The van der Waals surface area contributed by atoms with Crippen LogP contribution in [0.3, 0.4) is 0 Å². The minimum Gasteiger partial charge on any atom is -0.269 e. The van der Waals surface area contributed by atoms with Crippen molar-refractivity contribution in [3.05, 3.63) is 71.3 Å². The van der Waals surface area contributed by atoms with Gasteiger partial charge in [0.25, 0.3) is 0 Å². The highest BCUT2D eigenvalue weighted by molar-refractivity contribution is 8.14. The largest absolute Gasteiger partial charge is 0.416 e. The Labute approximate surface area is 147 Å². The summed E-state index contributed by atoms with van der Waals surface area (Å²) in [4.78, 5) is 4.76. The lowest BCUT2D eigenvalue weighted by atomic mass is 9.95.